The van der Waals surface area contributed by atoms with E-state index < -0.39 is 12.1 Å². The van der Waals surface area contributed by atoms with Gasteiger partial charge in [-0.2, -0.15) is 0 Å². The Hall–Kier alpha value is -4.53. The lowest BCUT2D eigenvalue weighted by atomic mass is 10.0. The second-order valence-electron chi connectivity index (χ2n) is 12.2. The average Bonchev–Trinajstić information content (AvgIpc) is 3.16. The quantitative estimate of drug-likeness (QED) is 0.0394. The summed E-state index contributed by atoms with van der Waals surface area (Å²) in [6, 6.07) is 17.6. The number of aromatic nitrogens is 2. The molecule has 14 heteroatoms. The minimum atomic E-state index is -0.764. The zero-order valence-corrected chi connectivity index (χ0v) is 31.2. The van der Waals surface area contributed by atoms with Crippen LogP contribution in [0.3, 0.4) is 0 Å². The molecule has 0 bridgehead atoms. The van der Waals surface area contributed by atoms with E-state index in [0.29, 0.717) is 61.8 Å². The summed E-state index contributed by atoms with van der Waals surface area (Å²) in [6.07, 6.45) is 8.73. The molecule has 0 unspecified atom stereocenters. The van der Waals surface area contributed by atoms with Crippen molar-refractivity contribution in [2.24, 2.45) is 11.5 Å². The molecule has 0 spiro atoms. The van der Waals surface area contributed by atoms with Gasteiger partial charge in [0.2, 0.25) is 12.3 Å². The molecule has 2 aromatic heterocycles. The van der Waals surface area contributed by atoms with E-state index in [1.165, 1.54) is 16.8 Å². The lowest BCUT2D eigenvalue weighted by Gasteiger charge is -2.28. The standard InChI is InChI=1S/C38H48ClN9O3S/c1-26-10-3-4-13-32(26)47-48(2)38(51)34(14-5-6-18-40)46-36(50)33(15-7-19-41)45-23-28-12-9-21-44-37(28)52-35-30(24-43-25-49)29(16-17-31(35)39)27-11-8-20-42-22-27/h3-4,8-13,16-17,20-22,25,33-34,45,47H,5-7,14-15,18-19,23-24,40-41H2,1-2H3,(H,43,49)(H,46,50)/t33-,34-/m0/s1. The van der Waals surface area contributed by atoms with Crippen LogP contribution in [0, 0.1) is 6.92 Å². The van der Waals surface area contributed by atoms with Crippen LogP contribution in [0.5, 0.6) is 0 Å². The summed E-state index contributed by atoms with van der Waals surface area (Å²) < 4.78 is 0. The number of halogens is 1. The van der Waals surface area contributed by atoms with E-state index in [1.54, 1.807) is 25.6 Å². The predicted molar refractivity (Wildman–Crippen MR) is 207 cm³/mol. The van der Waals surface area contributed by atoms with Crippen LogP contribution in [0.1, 0.15) is 48.8 Å². The molecule has 0 fully saturated rings. The van der Waals surface area contributed by atoms with Gasteiger partial charge in [0.1, 0.15) is 11.1 Å². The Balaban J connectivity index is 1.54. The zero-order chi connectivity index (χ0) is 37.3. The van der Waals surface area contributed by atoms with Gasteiger partial charge in [0.15, 0.2) is 0 Å². The maximum absolute atomic E-state index is 13.9. The number of hydrazine groups is 1. The minimum Gasteiger partial charge on any atom is -0.355 e. The first-order valence-electron chi connectivity index (χ1n) is 17.3. The van der Waals surface area contributed by atoms with Gasteiger partial charge in [-0.05, 0) is 98.6 Å². The summed E-state index contributed by atoms with van der Waals surface area (Å²) in [5.41, 5.74) is 20.0. The van der Waals surface area contributed by atoms with Crippen LogP contribution >= 0.6 is 23.4 Å². The first-order chi connectivity index (χ1) is 25.3. The normalized spacial score (nSPS) is 12.1. The monoisotopic (exact) mass is 745 g/mol. The Kier molecular flexibility index (Phi) is 16.3. The predicted octanol–water partition coefficient (Wildman–Crippen LogP) is 4.80. The molecule has 0 aliphatic heterocycles. The molecule has 0 saturated carbocycles. The smallest absolute Gasteiger partial charge is 0.263 e. The molecule has 12 nitrogen and oxygen atoms in total. The fraction of sp³-hybridized carbons (Fsp3) is 0.342. The molecule has 276 valence electrons. The topological polar surface area (TPSA) is 180 Å². The number of aryl methyl sites for hydroxylation is 1. The number of pyridine rings is 2. The molecule has 0 radical (unpaired) electrons. The second-order valence-corrected chi connectivity index (χ2v) is 13.7. The van der Waals surface area contributed by atoms with Crippen LogP contribution in [0.25, 0.3) is 11.1 Å². The number of amides is 3. The number of hydrogen-bond donors (Lipinski definition) is 6. The highest BCUT2D eigenvalue weighted by Crippen LogP contribution is 2.41. The fourth-order valence-corrected chi connectivity index (χ4v) is 6.98. The summed E-state index contributed by atoms with van der Waals surface area (Å²) in [5.74, 6) is -0.557. The highest BCUT2D eigenvalue weighted by molar-refractivity contribution is 7.99. The molecule has 52 heavy (non-hydrogen) atoms. The summed E-state index contributed by atoms with van der Waals surface area (Å²) in [4.78, 5) is 48.6. The zero-order valence-electron chi connectivity index (χ0n) is 29.6. The van der Waals surface area contributed by atoms with Crippen LogP contribution in [0.15, 0.2) is 89.2 Å². The molecule has 3 amide bonds. The largest absolute Gasteiger partial charge is 0.355 e. The first-order valence-corrected chi connectivity index (χ1v) is 18.5. The maximum atomic E-state index is 13.9. The number of carbonyl (C=O) groups excluding carboxylic acids is 3. The van der Waals surface area contributed by atoms with Crippen molar-refractivity contribution in [1.29, 1.82) is 0 Å². The Labute approximate surface area is 314 Å². The van der Waals surface area contributed by atoms with Gasteiger partial charge < -0.3 is 27.4 Å². The number of para-hydroxylation sites is 1. The third-order valence-corrected chi connectivity index (χ3v) is 10.1. The first kappa shape index (κ1) is 40.2. The minimum absolute atomic E-state index is 0.249. The highest BCUT2D eigenvalue weighted by atomic mass is 35.5. The number of benzene rings is 2. The molecule has 2 heterocycles. The molecule has 4 aromatic rings. The Morgan fingerprint density at radius 3 is 2.44 bits per heavy atom. The van der Waals surface area contributed by atoms with E-state index in [-0.39, 0.29) is 18.4 Å². The molecular weight excluding hydrogens is 698 g/mol. The van der Waals surface area contributed by atoms with Crippen LogP contribution in [-0.2, 0) is 27.5 Å². The molecule has 0 saturated heterocycles. The van der Waals surface area contributed by atoms with Crippen molar-refractivity contribution in [2.45, 2.75) is 74.1 Å². The summed E-state index contributed by atoms with van der Waals surface area (Å²) in [5, 5.41) is 11.8. The number of likely N-dealkylation sites (N-methyl/N-ethyl adjacent to an activating group) is 1. The van der Waals surface area contributed by atoms with E-state index in [4.69, 9.17) is 23.1 Å². The average molecular weight is 746 g/mol. The van der Waals surface area contributed by atoms with Crippen molar-refractivity contribution >= 4 is 47.3 Å². The number of carbonyl (C=O) groups is 3. The third-order valence-electron chi connectivity index (χ3n) is 8.47. The van der Waals surface area contributed by atoms with Crippen LogP contribution in [0.4, 0.5) is 5.69 Å². The van der Waals surface area contributed by atoms with E-state index in [2.05, 4.69) is 31.3 Å². The fourth-order valence-electron chi connectivity index (χ4n) is 5.64. The van der Waals surface area contributed by atoms with Gasteiger partial charge >= 0.3 is 0 Å². The van der Waals surface area contributed by atoms with Gasteiger partial charge in [-0.25, -0.2) is 4.98 Å². The molecule has 0 aliphatic rings. The van der Waals surface area contributed by atoms with Crippen LogP contribution < -0.4 is 32.8 Å². The maximum Gasteiger partial charge on any atom is 0.263 e. The summed E-state index contributed by atoms with van der Waals surface area (Å²) in [6.45, 7) is 3.41. The molecule has 0 aliphatic carbocycles. The van der Waals surface area contributed by atoms with Gasteiger partial charge in [0.05, 0.1) is 16.8 Å². The third kappa shape index (κ3) is 11.5. The number of rotatable bonds is 21. The lowest BCUT2D eigenvalue weighted by molar-refractivity contribution is -0.135. The SMILES string of the molecule is Cc1ccccc1NN(C)C(=O)[C@H](CCCCN)NC(=O)[C@H](CCCN)NCc1cccnc1Sc1c(Cl)ccc(-c2cccnc2)c1CNC=O. The van der Waals surface area contributed by atoms with Gasteiger partial charge in [-0.3, -0.25) is 29.8 Å². The Morgan fingerprint density at radius 1 is 0.942 bits per heavy atom. The van der Waals surface area contributed by atoms with Gasteiger partial charge in [0, 0.05) is 49.2 Å². The van der Waals surface area contributed by atoms with Crippen molar-refractivity contribution in [3.05, 3.63) is 101 Å². The van der Waals surface area contributed by atoms with E-state index >= 15 is 0 Å². The van der Waals surface area contributed by atoms with E-state index in [0.717, 1.165) is 44.8 Å². The number of nitrogens with zero attached hydrogens (tertiary/aromatic N) is 3. The van der Waals surface area contributed by atoms with Crippen molar-refractivity contribution in [3.8, 4) is 11.1 Å². The second kappa shape index (κ2) is 21.1. The van der Waals surface area contributed by atoms with Gasteiger partial charge in [0.25, 0.3) is 5.91 Å². The number of anilines is 1. The Bertz CT molecular complexity index is 1770. The summed E-state index contributed by atoms with van der Waals surface area (Å²) >= 11 is 8.18. The van der Waals surface area contributed by atoms with Crippen LogP contribution in [-0.4, -0.2) is 65.4 Å². The van der Waals surface area contributed by atoms with Gasteiger partial charge in [-0.15, -0.1) is 0 Å². The lowest BCUT2D eigenvalue weighted by Crippen LogP contribution is -2.53. The number of nitrogens with one attached hydrogen (secondary N) is 4. The van der Waals surface area contributed by atoms with Crippen molar-refractivity contribution < 1.29 is 14.4 Å². The van der Waals surface area contributed by atoms with Crippen molar-refractivity contribution in [3.63, 3.8) is 0 Å². The van der Waals surface area contributed by atoms with Crippen molar-refractivity contribution in [2.75, 3.05) is 25.6 Å². The number of unbranched alkanes of at least 4 members (excludes halogenated alkanes) is 1. The molecule has 4 rings (SSSR count). The van der Waals surface area contributed by atoms with Crippen LogP contribution in [0.2, 0.25) is 5.02 Å². The summed E-state index contributed by atoms with van der Waals surface area (Å²) in [7, 11) is 1.65. The van der Waals surface area contributed by atoms with Crippen molar-refractivity contribution in [1.82, 2.24) is 30.9 Å². The molecule has 2 aromatic carbocycles. The van der Waals surface area contributed by atoms with Gasteiger partial charge in [-0.1, -0.05) is 59.8 Å². The molecular formula is C38H48ClN9O3S. The van der Waals surface area contributed by atoms with E-state index in [1.807, 2.05) is 67.6 Å². The number of hydrogen-bond acceptors (Lipinski definition) is 10. The Morgan fingerprint density at radius 2 is 1.71 bits per heavy atom. The molecule has 2 atom stereocenters. The highest BCUT2D eigenvalue weighted by Gasteiger charge is 2.28. The number of nitrogens with two attached hydrogens (primary N) is 2. The molecule has 8 N–H and O–H groups in total. The van der Waals surface area contributed by atoms with E-state index in [9.17, 15) is 14.4 Å².